The number of primary amides is 1. The van der Waals surface area contributed by atoms with Crippen molar-refractivity contribution < 1.29 is 18.7 Å². The van der Waals surface area contributed by atoms with Gasteiger partial charge >= 0.3 is 0 Å². The molecular formula is C20H33FN2O3. The van der Waals surface area contributed by atoms with E-state index in [4.69, 9.17) is 10.5 Å². The lowest BCUT2D eigenvalue weighted by molar-refractivity contribution is -0.142. The molecule has 1 heterocycles. The van der Waals surface area contributed by atoms with Gasteiger partial charge in [-0.3, -0.25) is 9.59 Å². The largest absolute Gasteiger partial charge is 0.491 e. The van der Waals surface area contributed by atoms with E-state index < -0.39 is 17.1 Å². The third-order valence-corrected chi connectivity index (χ3v) is 3.68. The van der Waals surface area contributed by atoms with Crippen molar-refractivity contribution in [3.63, 3.8) is 0 Å². The zero-order valence-electron chi connectivity index (χ0n) is 17.3. The minimum Gasteiger partial charge on any atom is -0.491 e. The molecule has 1 aliphatic heterocycles. The van der Waals surface area contributed by atoms with Crippen LogP contribution in [-0.2, 0) is 11.3 Å². The lowest BCUT2D eigenvalue weighted by Gasteiger charge is -2.32. The van der Waals surface area contributed by atoms with E-state index in [1.165, 1.54) is 6.07 Å². The van der Waals surface area contributed by atoms with Crippen molar-refractivity contribution in [3.8, 4) is 5.75 Å². The molecule has 0 bridgehead atoms. The molecule has 0 aliphatic carbocycles. The number of carbonyl (C=O) groups excluding carboxylic acids is 2. The number of hydrogen-bond acceptors (Lipinski definition) is 3. The van der Waals surface area contributed by atoms with Crippen LogP contribution in [0.5, 0.6) is 5.75 Å². The summed E-state index contributed by atoms with van der Waals surface area (Å²) in [6.45, 7) is 15.7. The van der Waals surface area contributed by atoms with E-state index in [1.54, 1.807) is 4.90 Å². The second-order valence-corrected chi connectivity index (χ2v) is 6.64. The monoisotopic (exact) mass is 368 g/mol. The maximum absolute atomic E-state index is 14.3. The van der Waals surface area contributed by atoms with Gasteiger partial charge in [0.15, 0.2) is 0 Å². The Morgan fingerprint density at radius 1 is 1.19 bits per heavy atom. The first-order chi connectivity index (χ1) is 12.1. The predicted octanol–water partition coefficient (Wildman–Crippen LogP) is 4.13. The van der Waals surface area contributed by atoms with Crippen LogP contribution in [0, 0.1) is 11.2 Å². The van der Waals surface area contributed by atoms with Gasteiger partial charge in [-0.25, -0.2) is 4.39 Å². The maximum Gasteiger partial charge on any atom is 0.248 e. The van der Waals surface area contributed by atoms with Crippen molar-refractivity contribution in [1.82, 2.24) is 4.90 Å². The minimum atomic E-state index is -0.717. The van der Waals surface area contributed by atoms with Crippen LogP contribution in [0.3, 0.4) is 0 Å². The van der Waals surface area contributed by atoms with Crippen LogP contribution in [-0.4, -0.2) is 29.4 Å². The van der Waals surface area contributed by atoms with Gasteiger partial charge in [-0.15, -0.1) is 0 Å². The third kappa shape index (κ3) is 5.71. The number of nitrogens with two attached hydrogens (primary N) is 1. The Kier molecular flexibility index (Phi) is 9.32. The molecule has 0 fully saturated rings. The second kappa shape index (κ2) is 10.1. The van der Waals surface area contributed by atoms with Crippen LogP contribution in [0.1, 0.15) is 71.3 Å². The molecule has 1 atom stereocenters. The summed E-state index contributed by atoms with van der Waals surface area (Å²) in [5.41, 5.74) is 4.95. The molecule has 1 aliphatic rings. The quantitative estimate of drug-likeness (QED) is 0.810. The van der Waals surface area contributed by atoms with Crippen LogP contribution in [0.4, 0.5) is 4.39 Å². The molecule has 0 saturated heterocycles. The number of rotatable bonds is 1. The zero-order valence-corrected chi connectivity index (χ0v) is 17.3. The minimum absolute atomic E-state index is 0.0551. The van der Waals surface area contributed by atoms with E-state index in [0.717, 1.165) is 6.07 Å². The standard InChI is InChI=1S/C16H21FN2O3.2C2H6/c1-9-8-22-13-6-10(14(18)20)5-12(17)11(13)7-19(9)15(21)16(2,3)4;2*1-2/h5-6,9H,7-8H2,1-4H3,(H2,18,20);2*1-2H3. The first kappa shape index (κ1) is 23.9. The zero-order chi connectivity index (χ0) is 20.7. The van der Waals surface area contributed by atoms with Gasteiger partial charge in [-0.1, -0.05) is 48.5 Å². The van der Waals surface area contributed by atoms with Crippen molar-refractivity contribution >= 4 is 11.8 Å². The summed E-state index contributed by atoms with van der Waals surface area (Å²) in [6, 6.07) is 2.31. The Morgan fingerprint density at radius 3 is 2.19 bits per heavy atom. The van der Waals surface area contributed by atoms with Crippen LogP contribution >= 0.6 is 0 Å². The molecule has 0 saturated carbocycles. The van der Waals surface area contributed by atoms with Crippen molar-refractivity contribution in [2.24, 2.45) is 11.1 Å². The summed E-state index contributed by atoms with van der Waals surface area (Å²) < 4.78 is 19.9. The SMILES string of the molecule is CC.CC.CC1COc2cc(C(N)=O)cc(F)c2CN1C(=O)C(C)(C)C. The van der Waals surface area contributed by atoms with Crippen LogP contribution < -0.4 is 10.5 Å². The number of ether oxygens (including phenoxy) is 1. The van der Waals surface area contributed by atoms with Gasteiger partial charge in [0.05, 0.1) is 12.6 Å². The molecule has 5 nitrogen and oxygen atoms in total. The summed E-state index contributed by atoms with van der Waals surface area (Å²) in [4.78, 5) is 25.4. The number of nitrogens with zero attached hydrogens (tertiary/aromatic N) is 1. The van der Waals surface area contributed by atoms with Gasteiger partial charge < -0.3 is 15.4 Å². The number of benzene rings is 1. The van der Waals surface area contributed by atoms with Crippen molar-refractivity contribution in [2.75, 3.05) is 6.61 Å². The first-order valence-electron chi connectivity index (χ1n) is 9.17. The lowest BCUT2D eigenvalue weighted by atomic mass is 9.93. The van der Waals surface area contributed by atoms with Gasteiger partial charge in [-0.2, -0.15) is 0 Å². The van der Waals surface area contributed by atoms with Gasteiger partial charge in [-0.05, 0) is 19.1 Å². The van der Waals surface area contributed by atoms with Crippen LogP contribution in [0.2, 0.25) is 0 Å². The van der Waals surface area contributed by atoms with E-state index in [2.05, 4.69) is 0 Å². The predicted molar refractivity (Wildman–Crippen MR) is 103 cm³/mol. The highest BCUT2D eigenvalue weighted by Crippen LogP contribution is 2.31. The number of fused-ring (bicyclic) bond motifs is 1. The van der Waals surface area contributed by atoms with Gasteiger partial charge in [0.25, 0.3) is 0 Å². The molecule has 0 spiro atoms. The molecule has 2 rings (SSSR count). The highest BCUT2D eigenvalue weighted by molar-refractivity contribution is 5.93. The Morgan fingerprint density at radius 2 is 1.73 bits per heavy atom. The molecule has 0 aromatic heterocycles. The summed E-state index contributed by atoms with van der Waals surface area (Å²) in [7, 11) is 0. The van der Waals surface area contributed by atoms with Crippen LogP contribution in [0.15, 0.2) is 12.1 Å². The van der Waals surface area contributed by atoms with Gasteiger partial charge in [0.1, 0.15) is 18.2 Å². The van der Waals surface area contributed by atoms with E-state index in [-0.39, 0.29) is 42.0 Å². The van der Waals surface area contributed by atoms with Gasteiger partial charge in [0.2, 0.25) is 11.8 Å². The molecule has 6 heteroatoms. The van der Waals surface area contributed by atoms with Crippen molar-refractivity contribution in [2.45, 2.75) is 68.0 Å². The van der Waals surface area contributed by atoms with Crippen LogP contribution in [0.25, 0.3) is 0 Å². The van der Waals surface area contributed by atoms with Gasteiger partial charge in [0, 0.05) is 16.5 Å². The maximum atomic E-state index is 14.3. The fourth-order valence-electron chi connectivity index (χ4n) is 2.37. The van der Waals surface area contributed by atoms with E-state index in [0.29, 0.717) is 0 Å². The summed E-state index contributed by atoms with van der Waals surface area (Å²) in [6.07, 6.45) is 0. The molecule has 1 aromatic rings. The van der Waals surface area contributed by atoms with E-state index in [1.807, 2.05) is 55.4 Å². The Balaban J connectivity index is 0.00000146. The Labute approximate surface area is 156 Å². The van der Waals surface area contributed by atoms with Crippen molar-refractivity contribution in [3.05, 3.63) is 29.1 Å². The third-order valence-electron chi connectivity index (χ3n) is 3.68. The normalized spacial score (nSPS) is 15.9. The topological polar surface area (TPSA) is 72.6 Å². The number of carbonyl (C=O) groups is 2. The average molecular weight is 368 g/mol. The summed E-state index contributed by atoms with van der Waals surface area (Å²) in [5, 5.41) is 0. The summed E-state index contributed by atoms with van der Waals surface area (Å²) >= 11 is 0. The fourth-order valence-corrected chi connectivity index (χ4v) is 2.37. The molecular weight excluding hydrogens is 335 g/mol. The molecule has 0 radical (unpaired) electrons. The number of amides is 2. The van der Waals surface area contributed by atoms with E-state index in [9.17, 15) is 14.0 Å². The number of halogens is 1. The summed E-state index contributed by atoms with van der Waals surface area (Å²) in [5.74, 6) is -1.11. The molecule has 26 heavy (non-hydrogen) atoms. The Bertz CT molecular complexity index is 624. The molecule has 148 valence electrons. The van der Waals surface area contributed by atoms with Crippen molar-refractivity contribution in [1.29, 1.82) is 0 Å². The smallest absolute Gasteiger partial charge is 0.248 e. The lowest BCUT2D eigenvalue weighted by Crippen LogP contribution is -2.45. The average Bonchev–Trinajstić information content (AvgIpc) is 2.76. The Hall–Kier alpha value is -2.11. The molecule has 2 N–H and O–H groups in total. The van der Waals surface area contributed by atoms with E-state index >= 15 is 0 Å². The fraction of sp³-hybridized carbons (Fsp3) is 0.600. The first-order valence-corrected chi connectivity index (χ1v) is 9.17. The molecule has 1 aromatic carbocycles. The molecule has 2 amide bonds. The number of hydrogen-bond donors (Lipinski definition) is 1. The molecule has 1 unspecified atom stereocenters. The highest BCUT2D eigenvalue weighted by Gasteiger charge is 2.34. The highest BCUT2D eigenvalue weighted by atomic mass is 19.1. The second-order valence-electron chi connectivity index (χ2n) is 6.64.